The highest BCUT2D eigenvalue weighted by molar-refractivity contribution is 9.10. The Kier molecular flexibility index (Phi) is 8.29. The molecule has 1 amide bonds. The summed E-state index contributed by atoms with van der Waals surface area (Å²) in [4.78, 5) is 19.0. The number of amides is 1. The molecule has 0 spiro atoms. The van der Waals surface area contributed by atoms with E-state index in [1.54, 1.807) is 18.2 Å². The standard InChI is InChI=1S/C29H27BrCl2N2O4/c30-20-6-2-18(3-7-20)17-29(28(36)33-22-9-10-22)26(24-13-8-21(31)16-25(24)32)38-27(34-29)19-4-11-23(12-5-19)37-15-1-14-35/h2-8,11-13,16,22,26,35H,1,9-10,14-15,17H2,(H,33,36)/t26-,29-/m1/s1. The summed E-state index contributed by atoms with van der Waals surface area (Å²) in [5, 5.41) is 13.1. The third-order valence-corrected chi connectivity index (χ3v) is 7.67. The van der Waals surface area contributed by atoms with E-state index in [-0.39, 0.29) is 18.6 Å². The highest BCUT2D eigenvalue weighted by Gasteiger charge is 2.54. The lowest BCUT2D eigenvalue weighted by molar-refractivity contribution is -0.129. The lowest BCUT2D eigenvalue weighted by atomic mass is 9.82. The lowest BCUT2D eigenvalue weighted by Crippen LogP contribution is -2.50. The fourth-order valence-electron chi connectivity index (χ4n) is 4.42. The van der Waals surface area contributed by atoms with Gasteiger partial charge in [0.2, 0.25) is 5.90 Å². The second-order valence-electron chi connectivity index (χ2n) is 9.51. The van der Waals surface area contributed by atoms with Gasteiger partial charge in [-0.3, -0.25) is 4.79 Å². The molecule has 2 aliphatic rings. The minimum absolute atomic E-state index is 0.0702. The molecule has 0 unspecified atom stereocenters. The van der Waals surface area contributed by atoms with Crippen molar-refractivity contribution in [3.8, 4) is 5.75 Å². The van der Waals surface area contributed by atoms with Gasteiger partial charge in [0.25, 0.3) is 5.91 Å². The first kappa shape index (κ1) is 27.0. The molecule has 3 aromatic carbocycles. The Bertz CT molecular complexity index is 1330. The van der Waals surface area contributed by atoms with E-state index in [0.29, 0.717) is 52.3 Å². The van der Waals surface area contributed by atoms with Gasteiger partial charge in [-0.2, -0.15) is 0 Å². The molecule has 1 fully saturated rings. The summed E-state index contributed by atoms with van der Waals surface area (Å²) in [5.74, 6) is 0.828. The monoisotopic (exact) mass is 616 g/mol. The third-order valence-electron chi connectivity index (χ3n) is 6.57. The Morgan fingerprint density at radius 1 is 1.11 bits per heavy atom. The van der Waals surface area contributed by atoms with Gasteiger partial charge in [-0.1, -0.05) is 57.3 Å². The average Bonchev–Trinajstić information content (AvgIpc) is 3.64. The van der Waals surface area contributed by atoms with Gasteiger partial charge in [0, 0.05) is 51.1 Å². The third kappa shape index (κ3) is 6.01. The second-order valence-corrected chi connectivity index (χ2v) is 11.3. The number of aliphatic imine (C=N–C) groups is 1. The number of aliphatic hydroxyl groups is 1. The van der Waals surface area contributed by atoms with E-state index >= 15 is 0 Å². The van der Waals surface area contributed by atoms with Crippen LogP contribution >= 0.6 is 39.1 Å². The maximum atomic E-state index is 14.0. The summed E-state index contributed by atoms with van der Waals surface area (Å²) in [5.41, 5.74) is 1.00. The van der Waals surface area contributed by atoms with Crippen molar-refractivity contribution in [3.05, 3.63) is 97.9 Å². The van der Waals surface area contributed by atoms with Gasteiger partial charge < -0.3 is 19.9 Å². The molecular weight excluding hydrogens is 591 g/mol. The van der Waals surface area contributed by atoms with E-state index in [2.05, 4.69) is 21.2 Å². The molecule has 0 radical (unpaired) electrons. The summed E-state index contributed by atoms with van der Waals surface area (Å²) in [6.45, 7) is 0.489. The van der Waals surface area contributed by atoms with Crippen molar-refractivity contribution in [2.75, 3.05) is 13.2 Å². The van der Waals surface area contributed by atoms with Crippen LogP contribution in [0.5, 0.6) is 5.75 Å². The van der Waals surface area contributed by atoms with Crippen molar-refractivity contribution in [3.63, 3.8) is 0 Å². The number of carbonyl (C=O) groups excluding carboxylic acids is 1. The molecule has 0 aromatic heterocycles. The number of nitrogens with one attached hydrogen (secondary N) is 1. The lowest BCUT2D eigenvalue weighted by Gasteiger charge is -2.31. The molecule has 1 heterocycles. The maximum absolute atomic E-state index is 14.0. The number of nitrogens with zero attached hydrogens (tertiary/aromatic N) is 1. The van der Waals surface area contributed by atoms with Gasteiger partial charge in [0.15, 0.2) is 11.6 Å². The van der Waals surface area contributed by atoms with E-state index in [4.69, 9.17) is 42.8 Å². The topological polar surface area (TPSA) is 80.2 Å². The summed E-state index contributed by atoms with van der Waals surface area (Å²) >= 11 is 16.4. The van der Waals surface area contributed by atoms with Crippen LogP contribution in [0.3, 0.4) is 0 Å². The minimum Gasteiger partial charge on any atom is -0.494 e. The molecule has 0 bridgehead atoms. The van der Waals surface area contributed by atoms with Crippen molar-refractivity contribution in [2.45, 2.75) is 43.4 Å². The predicted octanol–water partition coefficient (Wildman–Crippen LogP) is 6.30. The SMILES string of the molecule is O=C(NC1CC1)[C@]1(Cc2ccc(Br)cc2)N=C(c2ccc(OCCCO)cc2)O[C@@H]1c1ccc(Cl)cc1Cl. The summed E-state index contributed by atoms with van der Waals surface area (Å²) in [6.07, 6.45) is 1.98. The van der Waals surface area contributed by atoms with Crippen molar-refractivity contribution in [1.82, 2.24) is 5.32 Å². The number of hydrogen-bond acceptors (Lipinski definition) is 5. The van der Waals surface area contributed by atoms with Crippen LogP contribution < -0.4 is 10.1 Å². The predicted molar refractivity (Wildman–Crippen MR) is 152 cm³/mol. The van der Waals surface area contributed by atoms with Gasteiger partial charge >= 0.3 is 0 Å². The largest absolute Gasteiger partial charge is 0.494 e. The van der Waals surface area contributed by atoms with E-state index in [9.17, 15) is 4.79 Å². The van der Waals surface area contributed by atoms with Gasteiger partial charge in [-0.15, -0.1) is 0 Å². The number of ether oxygens (including phenoxy) is 2. The van der Waals surface area contributed by atoms with Crippen LogP contribution in [0.1, 0.15) is 42.1 Å². The Balaban J connectivity index is 1.57. The summed E-state index contributed by atoms with van der Waals surface area (Å²) < 4.78 is 13.1. The molecule has 0 saturated heterocycles. The Morgan fingerprint density at radius 2 is 1.84 bits per heavy atom. The van der Waals surface area contributed by atoms with Gasteiger partial charge in [-0.05, 0) is 66.9 Å². The van der Waals surface area contributed by atoms with E-state index < -0.39 is 11.6 Å². The van der Waals surface area contributed by atoms with E-state index in [0.717, 1.165) is 22.9 Å². The zero-order valence-corrected chi connectivity index (χ0v) is 23.6. The first-order chi connectivity index (χ1) is 18.4. The van der Waals surface area contributed by atoms with Crippen molar-refractivity contribution in [2.24, 2.45) is 4.99 Å². The summed E-state index contributed by atoms with van der Waals surface area (Å²) in [6, 6.07) is 20.5. The van der Waals surface area contributed by atoms with Gasteiger partial charge in [-0.25, -0.2) is 4.99 Å². The zero-order valence-electron chi connectivity index (χ0n) is 20.5. The minimum atomic E-state index is -1.29. The quantitative estimate of drug-likeness (QED) is 0.262. The van der Waals surface area contributed by atoms with Gasteiger partial charge in [0.1, 0.15) is 5.75 Å². The molecule has 9 heteroatoms. The number of hydrogen-bond donors (Lipinski definition) is 2. The number of halogens is 3. The molecular formula is C29H27BrCl2N2O4. The molecule has 38 heavy (non-hydrogen) atoms. The van der Waals surface area contributed by atoms with Crippen LogP contribution in [-0.4, -0.2) is 41.7 Å². The zero-order chi connectivity index (χ0) is 26.7. The molecule has 1 aliphatic heterocycles. The maximum Gasteiger partial charge on any atom is 0.252 e. The number of aliphatic hydroxyl groups excluding tert-OH is 1. The van der Waals surface area contributed by atoms with Crippen molar-refractivity contribution < 1.29 is 19.4 Å². The van der Waals surface area contributed by atoms with Crippen LogP contribution in [0.2, 0.25) is 10.0 Å². The fraction of sp³-hybridized carbons (Fsp3) is 0.310. The molecule has 2 N–H and O–H groups in total. The van der Waals surface area contributed by atoms with E-state index in [1.165, 1.54) is 0 Å². The molecule has 1 saturated carbocycles. The Hall–Kier alpha value is -2.58. The highest BCUT2D eigenvalue weighted by atomic mass is 79.9. The van der Waals surface area contributed by atoms with Crippen molar-refractivity contribution >= 4 is 50.9 Å². The van der Waals surface area contributed by atoms with Crippen LogP contribution in [0.25, 0.3) is 0 Å². The average molecular weight is 618 g/mol. The van der Waals surface area contributed by atoms with Gasteiger partial charge in [0.05, 0.1) is 6.61 Å². The van der Waals surface area contributed by atoms with Crippen LogP contribution in [0.15, 0.2) is 76.2 Å². The molecule has 3 aromatic rings. The van der Waals surface area contributed by atoms with Crippen molar-refractivity contribution in [1.29, 1.82) is 0 Å². The van der Waals surface area contributed by atoms with E-state index in [1.807, 2.05) is 48.5 Å². The highest BCUT2D eigenvalue weighted by Crippen LogP contribution is 2.45. The molecule has 5 rings (SSSR count). The Morgan fingerprint density at radius 3 is 2.50 bits per heavy atom. The molecule has 6 nitrogen and oxygen atoms in total. The second kappa shape index (κ2) is 11.7. The fourth-order valence-corrected chi connectivity index (χ4v) is 5.20. The number of carbonyl (C=O) groups is 1. The van der Waals surface area contributed by atoms with Crippen LogP contribution in [0, 0.1) is 0 Å². The number of rotatable bonds is 10. The van der Waals surface area contributed by atoms with Crippen LogP contribution in [-0.2, 0) is 16.0 Å². The normalized spacial score (nSPS) is 20.5. The molecule has 1 aliphatic carbocycles. The molecule has 2 atom stereocenters. The van der Waals surface area contributed by atoms with Crippen LogP contribution in [0.4, 0.5) is 0 Å². The smallest absolute Gasteiger partial charge is 0.252 e. The first-order valence-corrected chi connectivity index (χ1v) is 14.0. The Labute approximate surface area is 240 Å². The molecule has 198 valence electrons. The first-order valence-electron chi connectivity index (χ1n) is 12.5. The summed E-state index contributed by atoms with van der Waals surface area (Å²) in [7, 11) is 0. The number of benzene rings is 3.